The summed E-state index contributed by atoms with van der Waals surface area (Å²) in [4.78, 5) is 13.0. The number of hydrogen-bond donors (Lipinski definition) is 1. The lowest BCUT2D eigenvalue weighted by Crippen LogP contribution is -2.41. The van der Waals surface area contributed by atoms with Gasteiger partial charge in [0.2, 0.25) is 6.41 Å². The minimum absolute atomic E-state index is 0. The summed E-state index contributed by atoms with van der Waals surface area (Å²) in [6.45, 7) is 4.85. The molecule has 0 radical (unpaired) electrons. The van der Waals surface area contributed by atoms with Crippen LogP contribution >= 0.6 is 0 Å². The van der Waals surface area contributed by atoms with Crippen LogP contribution in [0.15, 0.2) is 18.2 Å². The average Bonchev–Trinajstić information content (AvgIpc) is 2.92. The third-order valence-corrected chi connectivity index (χ3v) is 7.19. The van der Waals surface area contributed by atoms with Gasteiger partial charge in [0.05, 0.1) is 12.2 Å². The molecule has 3 fully saturated rings. The maximum atomic E-state index is 10.4. The predicted molar refractivity (Wildman–Crippen MR) is 121 cm³/mol. The zero-order valence-corrected chi connectivity index (χ0v) is 18.3. The molecular formula is C25H40N2O3. The zero-order chi connectivity index (χ0) is 20.6. The van der Waals surface area contributed by atoms with E-state index in [0.717, 1.165) is 44.9 Å². The van der Waals surface area contributed by atoms with Crippen molar-refractivity contribution >= 4 is 6.41 Å². The van der Waals surface area contributed by atoms with Crippen LogP contribution in [0.3, 0.4) is 0 Å². The Morgan fingerprint density at radius 2 is 1.70 bits per heavy atom. The van der Waals surface area contributed by atoms with Crippen LogP contribution in [-0.4, -0.2) is 55.9 Å². The first-order chi connectivity index (χ1) is 14.8. The summed E-state index contributed by atoms with van der Waals surface area (Å²) < 4.78 is 11.1. The molecule has 0 aromatic heterocycles. The molecular weight excluding hydrogens is 376 g/mol. The highest BCUT2D eigenvalue weighted by Gasteiger charge is 2.26. The van der Waals surface area contributed by atoms with Crippen molar-refractivity contribution in [1.29, 1.82) is 0 Å². The SMILES string of the molecule is C1CC(OC2CCOCC2)C1.O=CNCc1ccc2c(c1)CCN(C1CCC1)CC2.[HH]. The summed E-state index contributed by atoms with van der Waals surface area (Å²) in [5, 5.41) is 2.74. The number of benzene rings is 1. The number of nitrogens with one attached hydrogen (secondary N) is 1. The molecule has 2 saturated carbocycles. The molecule has 168 valence electrons. The third-order valence-electron chi connectivity index (χ3n) is 7.19. The van der Waals surface area contributed by atoms with Gasteiger partial charge in [-0.2, -0.15) is 0 Å². The smallest absolute Gasteiger partial charge is 0.207 e. The quantitative estimate of drug-likeness (QED) is 0.716. The molecule has 0 atom stereocenters. The summed E-state index contributed by atoms with van der Waals surface area (Å²) in [6.07, 6.45) is 14.6. The highest BCUT2D eigenvalue weighted by molar-refractivity contribution is 5.46. The zero-order valence-electron chi connectivity index (χ0n) is 18.3. The van der Waals surface area contributed by atoms with E-state index in [9.17, 15) is 4.79 Å². The second-order valence-corrected chi connectivity index (χ2v) is 9.22. The Balaban J connectivity index is 0.000000194. The fourth-order valence-electron chi connectivity index (χ4n) is 4.77. The maximum absolute atomic E-state index is 10.4. The first-order valence-corrected chi connectivity index (χ1v) is 12.1. The average molecular weight is 417 g/mol. The van der Waals surface area contributed by atoms with E-state index < -0.39 is 0 Å². The summed E-state index contributed by atoms with van der Waals surface area (Å²) in [5.41, 5.74) is 4.19. The summed E-state index contributed by atoms with van der Waals surface area (Å²) in [7, 11) is 0. The van der Waals surface area contributed by atoms with Crippen LogP contribution in [0.1, 0.15) is 69.5 Å². The summed E-state index contributed by atoms with van der Waals surface area (Å²) >= 11 is 0. The van der Waals surface area contributed by atoms with Gasteiger partial charge in [0.1, 0.15) is 0 Å². The fourth-order valence-corrected chi connectivity index (χ4v) is 4.77. The van der Waals surface area contributed by atoms with Gasteiger partial charge < -0.3 is 14.8 Å². The molecule has 4 aliphatic rings. The molecule has 0 unspecified atom stereocenters. The van der Waals surface area contributed by atoms with Crippen molar-refractivity contribution in [3.63, 3.8) is 0 Å². The number of nitrogens with zero attached hydrogens (tertiary/aromatic N) is 1. The number of ether oxygens (including phenoxy) is 2. The van der Waals surface area contributed by atoms with E-state index in [1.807, 2.05) is 0 Å². The Labute approximate surface area is 183 Å². The van der Waals surface area contributed by atoms with Crippen LogP contribution in [0.5, 0.6) is 0 Å². The van der Waals surface area contributed by atoms with Crippen molar-refractivity contribution in [2.24, 2.45) is 0 Å². The minimum Gasteiger partial charge on any atom is -0.381 e. The highest BCUT2D eigenvalue weighted by atomic mass is 16.5. The van der Waals surface area contributed by atoms with Gasteiger partial charge in [-0.3, -0.25) is 9.69 Å². The number of rotatable bonds is 6. The van der Waals surface area contributed by atoms with E-state index in [0.29, 0.717) is 18.8 Å². The second kappa shape index (κ2) is 11.3. The molecule has 1 amide bonds. The van der Waals surface area contributed by atoms with Crippen molar-refractivity contribution in [1.82, 2.24) is 10.2 Å². The van der Waals surface area contributed by atoms with E-state index in [2.05, 4.69) is 28.4 Å². The lowest BCUT2D eigenvalue weighted by molar-refractivity contribution is -0.109. The predicted octanol–water partition coefficient (Wildman–Crippen LogP) is 3.87. The summed E-state index contributed by atoms with van der Waals surface area (Å²) in [6, 6.07) is 7.52. The van der Waals surface area contributed by atoms with Gasteiger partial charge in [-0.25, -0.2) is 0 Å². The molecule has 1 aromatic carbocycles. The molecule has 0 spiro atoms. The van der Waals surface area contributed by atoms with Gasteiger partial charge in [-0.1, -0.05) is 24.6 Å². The van der Waals surface area contributed by atoms with Crippen LogP contribution < -0.4 is 5.32 Å². The van der Waals surface area contributed by atoms with Crippen LogP contribution in [0.4, 0.5) is 0 Å². The molecule has 2 aliphatic carbocycles. The van der Waals surface area contributed by atoms with E-state index in [-0.39, 0.29) is 1.43 Å². The topological polar surface area (TPSA) is 50.8 Å². The fraction of sp³-hybridized carbons (Fsp3) is 0.720. The standard InChI is InChI=1S/C16H22N2O.C9H16O2.H2/c19-12-17-11-13-4-5-14-6-8-18(16-2-1-3-16)9-7-15(14)10-13;1-2-8(3-1)11-9-4-6-10-7-5-9;/h4-5,10,12,16H,1-3,6-9,11H2,(H,17,19);8-9H,1-7H2;1H. The van der Waals surface area contributed by atoms with Gasteiger partial charge in [-0.05, 0) is 74.5 Å². The monoisotopic (exact) mass is 416 g/mol. The van der Waals surface area contributed by atoms with Gasteiger partial charge in [0.15, 0.2) is 0 Å². The Bertz CT molecular complexity index is 673. The van der Waals surface area contributed by atoms with Gasteiger partial charge in [0.25, 0.3) is 0 Å². The Kier molecular flexibility index (Phi) is 8.18. The molecule has 2 heterocycles. The second-order valence-electron chi connectivity index (χ2n) is 9.22. The van der Waals surface area contributed by atoms with E-state index in [4.69, 9.17) is 9.47 Å². The number of hydrogen-bond acceptors (Lipinski definition) is 4. The Morgan fingerprint density at radius 3 is 2.33 bits per heavy atom. The van der Waals surface area contributed by atoms with Crippen LogP contribution in [0.2, 0.25) is 0 Å². The molecule has 30 heavy (non-hydrogen) atoms. The molecule has 5 nitrogen and oxygen atoms in total. The Morgan fingerprint density at radius 1 is 1.00 bits per heavy atom. The van der Waals surface area contributed by atoms with Crippen molar-refractivity contribution in [2.75, 3.05) is 26.3 Å². The molecule has 1 saturated heterocycles. The molecule has 1 N–H and O–H groups in total. The molecule has 0 bridgehead atoms. The normalized spacial score (nSPS) is 23.2. The first kappa shape index (κ1) is 21.8. The van der Waals surface area contributed by atoms with Crippen LogP contribution in [0, 0.1) is 0 Å². The minimum atomic E-state index is 0. The lowest BCUT2D eigenvalue weighted by Gasteiger charge is -2.36. The van der Waals surface area contributed by atoms with Crippen molar-refractivity contribution in [2.45, 2.75) is 89.0 Å². The lowest BCUT2D eigenvalue weighted by atomic mass is 9.91. The molecule has 1 aromatic rings. The van der Waals surface area contributed by atoms with Gasteiger partial charge in [-0.15, -0.1) is 0 Å². The third kappa shape index (κ3) is 6.05. The number of carbonyl (C=O) groups is 1. The van der Waals surface area contributed by atoms with Crippen LogP contribution in [0.25, 0.3) is 0 Å². The van der Waals surface area contributed by atoms with Crippen molar-refractivity contribution < 1.29 is 15.7 Å². The maximum Gasteiger partial charge on any atom is 0.207 e. The number of fused-ring (bicyclic) bond motifs is 1. The first-order valence-electron chi connectivity index (χ1n) is 12.1. The summed E-state index contributed by atoms with van der Waals surface area (Å²) in [5.74, 6) is 0. The molecule has 2 aliphatic heterocycles. The van der Waals surface area contributed by atoms with Crippen molar-refractivity contribution in [3.05, 3.63) is 34.9 Å². The molecule has 5 heteroatoms. The largest absolute Gasteiger partial charge is 0.381 e. The van der Waals surface area contributed by atoms with E-state index in [1.165, 1.54) is 74.7 Å². The van der Waals surface area contributed by atoms with Gasteiger partial charge in [0, 0.05) is 40.3 Å². The Hall–Kier alpha value is -1.43. The van der Waals surface area contributed by atoms with Gasteiger partial charge >= 0.3 is 0 Å². The van der Waals surface area contributed by atoms with Crippen LogP contribution in [-0.2, 0) is 33.7 Å². The molecule has 5 rings (SSSR count). The van der Waals surface area contributed by atoms with E-state index >= 15 is 0 Å². The number of amides is 1. The highest BCUT2D eigenvalue weighted by Crippen LogP contribution is 2.28. The number of carbonyl (C=O) groups excluding carboxylic acids is 1. The van der Waals surface area contributed by atoms with E-state index in [1.54, 1.807) is 0 Å². The van der Waals surface area contributed by atoms with Crippen molar-refractivity contribution in [3.8, 4) is 0 Å².